The average Bonchev–Trinajstić information content (AvgIpc) is 2.90. The zero-order chi connectivity index (χ0) is 15.1. The predicted octanol–water partition coefficient (Wildman–Crippen LogP) is 4.61. The lowest BCUT2D eigenvalue weighted by Crippen LogP contribution is -2.45. The SMILES string of the molecule is CC(C)CCN(CC1(CO)CCCCCC1)C1CCCC1. The minimum Gasteiger partial charge on any atom is -0.396 e. The first-order valence-corrected chi connectivity index (χ1v) is 9.50. The van der Waals surface area contributed by atoms with Crippen LogP contribution in [0.2, 0.25) is 0 Å². The van der Waals surface area contributed by atoms with E-state index in [-0.39, 0.29) is 5.41 Å². The highest BCUT2D eigenvalue weighted by molar-refractivity contribution is 4.88. The second-order valence-corrected chi connectivity index (χ2v) is 8.16. The zero-order valence-electron chi connectivity index (χ0n) is 14.4. The minimum atomic E-state index is 0.204. The number of hydrogen-bond acceptors (Lipinski definition) is 2. The summed E-state index contributed by atoms with van der Waals surface area (Å²) in [6.07, 6.45) is 14.8. The van der Waals surface area contributed by atoms with Crippen LogP contribution in [0.1, 0.15) is 84.5 Å². The lowest BCUT2D eigenvalue weighted by Gasteiger charge is -2.40. The molecule has 2 rings (SSSR count). The van der Waals surface area contributed by atoms with Crippen LogP contribution in [0.4, 0.5) is 0 Å². The van der Waals surface area contributed by atoms with Crippen LogP contribution in [0.3, 0.4) is 0 Å². The summed E-state index contributed by atoms with van der Waals surface area (Å²) in [5.41, 5.74) is 0.204. The van der Waals surface area contributed by atoms with Crippen molar-refractivity contribution in [3.63, 3.8) is 0 Å². The van der Waals surface area contributed by atoms with Crippen LogP contribution in [0.25, 0.3) is 0 Å². The molecule has 2 nitrogen and oxygen atoms in total. The van der Waals surface area contributed by atoms with Crippen LogP contribution in [0.15, 0.2) is 0 Å². The molecule has 0 radical (unpaired) electrons. The third-order valence-electron chi connectivity index (χ3n) is 5.87. The van der Waals surface area contributed by atoms with Gasteiger partial charge in [0.2, 0.25) is 0 Å². The third kappa shape index (κ3) is 5.25. The Hall–Kier alpha value is -0.0800. The van der Waals surface area contributed by atoms with E-state index in [0.717, 1.165) is 18.5 Å². The predicted molar refractivity (Wildman–Crippen MR) is 90.5 cm³/mol. The summed E-state index contributed by atoms with van der Waals surface area (Å²) in [5.74, 6) is 0.785. The Balaban J connectivity index is 1.99. The van der Waals surface area contributed by atoms with Crippen molar-refractivity contribution in [3.05, 3.63) is 0 Å². The Labute approximate surface area is 132 Å². The first-order valence-electron chi connectivity index (χ1n) is 9.50. The molecule has 0 amide bonds. The van der Waals surface area contributed by atoms with Crippen LogP contribution < -0.4 is 0 Å². The fourth-order valence-electron chi connectivity index (χ4n) is 4.36. The van der Waals surface area contributed by atoms with Gasteiger partial charge >= 0.3 is 0 Å². The van der Waals surface area contributed by atoms with Crippen molar-refractivity contribution in [2.75, 3.05) is 19.7 Å². The average molecular weight is 296 g/mol. The minimum absolute atomic E-state index is 0.204. The molecule has 2 aliphatic rings. The second-order valence-electron chi connectivity index (χ2n) is 8.16. The number of nitrogens with zero attached hydrogens (tertiary/aromatic N) is 1. The number of aliphatic hydroxyl groups is 1. The van der Waals surface area contributed by atoms with Gasteiger partial charge in [-0.3, -0.25) is 4.90 Å². The van der Waals surface area contributed by atoms with Crippen molar-refractivity contribution in [3.8, 4) is 0 Å². The van der Waals surface area contributed by atoms with Gasteiger partial charge < -0.3 is 5.11 Å². The second kappa shape index (κ2) is 8.53. The maximum Gasteiger partial charge on any atom is 0.0499 e. The van der Waals surface area contributed by atoms with E-state index in [2.05, 4.69) is 18.7 Å². The molecule has 0 saturated heterocycles. The summed E-state index contributed by atoms with van der Waals surface area (Å²) in [5, 5.41) is 10.1. The first-order chi connectivity index (χ1) is 10.2. The lowest BCUT2D eigenvalue weighted by molar-refractivity contribution is 0.0399. The molecule has 0 aromatic heterocycles. The lowest BCUT2D eigenvalue weighted by atomic mass is 9.80. The van der Waals surface area contributed by atoms with E-state index < -0.39 is 0 Å². The van der Waals surface area contributed by atoms with Gasteiger partial charge in [-0.1, -0.05) is 52.4 Å². The molecule has 0 spiro atoms. The largest absolute Gasteiger partial charge is 0.396 e. The van der Waals surface area contributed by atoms with Gasteiger partial charge in [-0.15, -0.1) is 0 Å². The van der Waals surface area contributed by atoms with Crippen molar-refractivity contribution in [1.29, 1.82) is 0 Å². The molecule has 2 aliphatic carbocycles. The summed E-state index contributed by atoms with van der Waals surface area (Å²) >= 11 is 0. The van der Waals surface area contributed by atoms with Crippen LogP contribution in [0.5, 0.6) is 0 Å². The van der Waals surface area contributed by atoms with E-state index in [9.17, 15) is 5.11 Å². The maximum atomic E-state index is 10.1. The number of rotatable bonds is 7. The Kier molecular flexibility index (Phi) is 7.01. The number of hydrogen-bond donors (Lipinski definition) is 1. The van der Waals surface area contributed by atoms with Crippen LogP contribution in [-0.2, 0) is 0 Å². The third-order valence-corrected chi connectivity index (χ3v) is 5.87. The molecule has 0 aliphatic heterocycles. The molecule has 2 fully saturated rings. The Morgan fingerprint density at radius 2 is 1.62 bits per heavy atom. The molecule has 0 bridgehead atoms. The number of aliphatic hydroxyl groups excluding tert-OH is 1. The van der Waals surface area contributed by atoms with Crippen molar-refractivity contribution in [2.45, 2.75) is 90.5 Å². The van der Waals surface area contributed by atoms with Gasteiger partial charge in [0.15, 0.2) is 0 Å². The summed E-state index contributed by atoms with van der Waals surface area (Å²) in [6.45, 7) is 7.46. The van der Waals surface area contributed by atoms with Gasteiger partial charge in [-0.05, 0) is 44.6 Å². The van der Waals surface area contributed by atoms with Crippen LogP contribution in [-0.4, -0.2) is 35.7 Å². The summed E-state index contributed by atoms with van der Waals surface area (Å²) in [4.78, 5) is 2.77. The highest BCUT2D eigenvalue weighted by atomic mass is 16.3. The van der Waals surface area contributed by atoms with Crippen LogP contribution in [0, 0.1) is 11.3 Å². The van der Waals surface area contributed by atoms with E-state index in [1.54, 1.807) is 0 Å². The Bertz CT molecular complexity index is 275. The van der Waals surface area contributed by atoms with Gasteiger partial charge in [0.25, 0.3) is 0 Å². The van der Waals surface area contributed by atoms with Gasteiger partial charge in [0.1, 0.15) is 0 Å². The summed E-state index contributed by atoms with van der Waals surface area (Å²) in [7, 11) is 0. The molecule has 0 unspecified atom stereocenters. The molecule has 124 valence electrons. The maximum absolute atomic E-state index is 10.1. The van der Waals surface area contributed by atoms with Gasteiger partial charge in [-0.25, -0.2) is 0 Å². The van der Waals surface area contributed by atoms with Crippen molar-refractivity contribution >= 4 is 0 Å². The monoisotopic (exact) mass is 295 g/mol. The van der Waals surface area contributed by atoms with E-state index in [1.165, 1.54) is 77.2 Å². The smallest absolute Gasteiger partial charge is 0.0499 e. The van der Waals surface area contributed by atoms with E-state index >= 15 is 0 Å². The molecule has 0 aromatic carbocycles. The molecule has 2 saturated carbocycles. The normalized spacial score (nSPS) is 23.9. The van der Waals surface area contributed by atoms with E-state index in [4.69, 9.17) is 0 Å². The fraction of sp³-hybridized carbons (Fsp3) is 1.00. The molecular formula is C19H37NO. The Morgan fingerprint density at radius 3 is 2.14 bits per heavy atom. The van der Waals surface area contributed by atoms with Gasteiger partial charge in [0.05, 0.1) is 0 Å². The topological polar surface area (TPSA) is 23.5 Å². The van der Waals surface area contributed by atoms with Crippen molar-refractivity contribution < 1.29 is 5.11 Å². The van der Waals surface area contributed by atoms with Gasteiger partial charge in [-0.2, -0.15) is 0 Å². The highest BCUT2D eigenvalue weighted by Crippen LogP contribution is 2.37. The summed E-state index contributed by atoms with van der Waals surface area (Å²) in [6, 6.07) is 0.801. The highest BCUT2D eigenvalue weighted by Gasteiger charge is 2.35. The molecule has 0 heterocycles. The molecule has 0 aromatic rings. The molecule has 21 heavy (non-hydrogen) atoms. The summed E-state index contributed by atoms with van der Waals surface area (Å²) < 4.78 is 0. The zero-order valence-corrected chi connectivity index (χ0v) is 14.4. The fourth-order valence-corrected chi connectivity index (χ4v) is 4.36. The molecular weight excluding hydrogens is 258 g/mol. The molecule has 1 N–H and O–H groups in total. The van der Waals surface area contributed by atoms with E-state index in [0.29, 0.717) is 6.61 Å². The standard InChI is InChI=1S/C19H37NO/c1-17(2)11-14-20(18-9-5-6-10-18)15-19(16-21)12-7-3-4-8-13-19/h17-18,21H,3-16H2,1-2H3. The quantitative estimate of drug-likeness (QED) is 0.693. The van der Waals surface area contributed by atoms with Crippen molar-refractivity contribution in [2.24, 2.45) is 11.3 Å². The van der Waals surface area contributed by atoms with E-state index in [1.807, 2.05) is 0 Å². The van der Waals surface area contributed by atoms with Crippen molar-refractivity contribution in [1.82, 2.24) is 4.90 Å². The van der Waals surface area contributed by atoms with Crippen LogP contribution >= 0.6 is 0 Å². The van der Waals surface area contributed by atoms with Gasteiger partial charge in [0, 0.05) is 24.6 Å². The first kappa shape index (κ1) is 17.3. The Morgan fingerprint density at radius 1 is 1.00 bits per heavy atom. The molecule has 2 heteroatoms. The molecule has 0 atom stereocenters.